The van der Waals surface area contributed by atoms with Crippen LogP contribution in [-0.2, 0) is 0 Å². The van der Waals surface area contributed by atoms with Gasteiger partial charge >= 0.3 is 5.69 Å². The summed E-state index contributed by atoms with van der Waals surface area (Å²) in [5.74, 6) is 0.259. The number of aliphatic hydroxyl groups excluding tert-OH is 1. The van der Waals surface area contributed by atoms with Gasteiger partial charge in [0.05, 0.1) is 11.0 Å². The van der Waals surface area contributed by atoms with Crippen molar-refractivity contribution >= 4 is 17.3 Å². The number of nitro groups is 1. The zero-order valence-corrected chi connectivity index (χ0v) is 8.17. The van der Waals surface area contributed by atoms with Crippen molar-refractivity contribution in [2.45, 2.75) is 13.0 Å². The Balaban J connectivity index is 2.78. The smallest absolute Gasteiger partial charge is 0.311 e. The maximum atomic E-state index is 10.4. The van der Waals surface area contributed by atoms with Crippen molar-refractivity contribution in [3.8, 4) is 0 Å². The van der Waals surface area contributed by atoms with E-state index in [1.165, 1.54) is 12.1 Å². The number of hydrogen-bond acceptors (Lipinski definition) is 6. The van der Waals surface area contributed by atoms with Crippen molar-refractivity contribution < 1.29 is 10.0 Å². The molecule has 0 spiro atoms. The van der Waals surface area contributed by atoms with Crippen LogP contribution in [0.25, 0.3) is 0 Å². The number of aliphatic hydroxyl groups is 1. The number of anilines is 2. The first-order valence-corrected chi connectivity index (χ1v) is 4.33. The maximum absolute atomic E-state index is 10.4. The molecule has 15 heavy (non-hydrogen) atoms. The molecule has 4 N–H and O–H groups in total. The lowest BCUT2D eigenvalue weighted by Crippen LogP contribution is -2.16. The Morgan fingerprint density at radius 2 is 2.40 bits per heavy atom. The van der Waals surface area contributed by atoms with Gasteiger partial charge in [-0.05, 0) is 13.0 Å². The molecule has 0 bridgehead atoms. The van der Waals surface area contributed by atoms with Crippen LogP contribution in [0, 0.1) is 10.1 Å². The molecule has 0 saturated carbocycles. The summed E-state index contributed by atoms with van der Waals surface area (Å²) < 4.78 is 0. The van der Waals surface area contributed by atoms with Gasteiger partial charge in [0.1, 0.15) is 5.82 Å². The molecule has 1 atom stereocenters. The van der Waals surface area contributed by atoms with E-state index in [0.717, 1.165) is 0 Å². The van der Waals surface area contributed by atoms with Crippen LogP contribution in [-0.4, -0.2) is 27.7 Å². The van der Waals surface area contributed by atoms with E-state index >= 15 is 0 Å². The van der Waals surface area contributed by atoms with Gasteiger partial charge < -0.3 is 16.2 Å². The normalized spacial score (nSPS) is 12.1. The summed E-state index contributed by atoms with van der Waals surface area (Å²) in [5, 5.41) is 22.2. The number of hydrogen-bond donors (Lipinski definition) is 3. The second-order valence-corrected chi connectivity index (χ2v) is 3.09. The first-order valence-electron chi connectivity index (χ1n) is 4.33. The van der Waals surface area contributed by atoms with Crippen LogP contribution in [0.15, 0.2) is 12.1 Å². The van der Waals surface area contributed by atoms with Gasteiger partial charge in [0.2, 0.25) is 5.82 Å². The average Bonchev–Trinajstić information content (AvgIpc) is 2.14. The second-order valence-electron chi connectivity index (χ2n) is 3.09. The second kappa shape index (κ2) is 4.56. The molecule has 1 heterocycles. The Kier molecular flexibility index (Phi) is 3.40. The fourth-order valence-corrected chi connectivity index (χ4v) is 0.973. The van der Waals surface area contributed by atoms with Crippen molar-refractivity contribution in [2.24, 2.45) is 0 Å². The topological polar surface area (TPSA) is 114 Å². The lowest BCUT2D eigenvalue weighted by Gasteiger charge is -2.07. The van der Waals surface area contributed by atoms with E-state index in [0.29, 0.717) is 12.4 Å². The lowest BCUT2D eigenvalue weighted by molar-refractivity contribution is -0.384. The van der Waals surface area contributed by atoms with Crippen molar-refractivity contribution in [2.75, 3.05) is 17.6 Å². The number of aromatic nitrogens is 1. The van der Waals surface area contributed by atoms with Crippen molar-refractivity contribution in [3.05, 3.63) is 22.2 Å². The van der Waals surface area contributed by atoms with E-state index in [2.05, 4.69) is 10.3 Å². The maximum Gasteiger partial charge on any atom is 0.311 e. The summed E-state index contributed by atoms with van der Waals surface area (Å²) in [7, 11) is 0. The van der Waals surface area contributed by atoms with Crippen molar-refractivity contribution in [3.63, 3.8) is 0 Å². The van der Waals surface area contributed by atoms with Crippen LogP contribution >= 0.6 is 0 Å². The van der Waals surface area contributed by atoms with Crippen molar-refractivity contribution in [1.82, 2.24) is 4.98 Å². The predicted molar refractivity (Wildman–Crippen MR) is 55.5 cm³/mol. The number of nitrogen functional groups attached to an aromatic ring is 1. The third-order valence-electron chi connectivity index (χ3n) is 1.68. The molecule has 0 saturated heterocycles. The predicted octanol–water partition coefficient (Wildman–Crippen LogP) is 0.365. The Bertz CT molecular complexity index is 367. The summed E-state index contributed by atoms with van der Waals surface area (Å²) in [6.07, 6.45) is -0.525. The molecule has 0 fully saturated rings. The minimum absolute atomic E-state index is 0.143. The molecule has 1 unspecified atom stereocenters. The standard InChI is InChI=1S/C8H12N4O3/c1-5(13)4-10-7-3-2-6(12(14)15)8(9)11-7/h2-3,5,13H,4H2,1H3,(H3,9,10,11). The van der Waals surface area contributed by atoms with E-state index in [1.54, 1.807) is 6.92 Å². The molecule has 0 aromatic carbocycles. The van der Waals surface area contributed by atoms with Crippen LogP contribution in [0.5, 0.6) is 0 Å². The Morgan fingerprint density at radius 1 is 1.73 bits per heavy atom. The summed E-state index contributed by atoms with van der Waals surface area (Å²) >= 11 is 0. The van der Waals surface area contributed by atoms with Crippen LogP contribution in [0.1, 0.15) is 6.92 Å². The number of rotatable bonds is 4. The van der Waals surface area contributed by atoms with E-state index < -0.39 is 11.0 Å². The van der Waals surface area contributed by atoms with Crippen LogP contribution < -0.4 is 11.1 Å². The lowest BCUT2D eigenvalue weighted by atomic mass is 10.3. The summed E-state index contributed by atoms with van der Waals surface area (Å²) in [6, 6.07) is 2.71. The minimum atomic E-state index is -0.596. The zero-order chi connectivity index (χ0) is 11.4. The third kappa shape index (κ3) is 3.06. The highest BCUT2D eigenvalue weighted by atomic mass is 16.6. The SMILES string of the molecule is CC(O)CNc1ccc([N+](=O)[O-])c(N)n1. The van der Waals surface area contributed by atoms with Crippen LogP contribution in [0.2, 0.25) is 0 Å². The van der Waals surface area contributed by atoms with Gasteiger partial charge in [0, 0.05) is 12.6 Å². The van der Waals surface area contributed by atoms with Crippen LogP contribution in [0.4, 0.5) is 17.3 Å². The number of nitrogens with one attached hydrogen (secondary N) is 1. The van der Waals surface area contributed by atoms with Gasteiger partial charge in [-0.25, -0.2) is 4.98 Å². The molecule has 0 radical (unpaired) electrons. The first kappa shape index (κ1) is 11.2. The highest BCUT2D eigenvalue weighted by Gasteiger charge is 2.12. The summed E-state index contributed by atoms with van der Waals surface area (Å²) in [4.78, 5) is 13.6. The number of nitrogens with zero attached hydrogens (tertiary/aromatic N) is 2. The number of pyridine rings is 1. The molecule has 7 nitrogen and oxygen atoms in total. The number of nitrogens with two attached hydrogens (primary N) is 1. The highest BCUT2D eigenvalue weighted by molar-refractivity contribution is 5.57. The monoisotopic (exact) mass is 212 g/mol. The van der Waals surface area contributed by atoms with Crippen molar-refractivity contribution in [1.29, 1.82) is 0 Å². The Hall–Kier alpha value is -1.89. The van der Waals surface area contributed by atoms with Gasteiger partial charge in [-0.3, -0.25) is 10.1 Å². The fraction of sp³-hybridized carbons (Fsp3) is 0.375. The van der Waals surface area contributed by atoms with E-state index in [9.17, 15) is 10.1 Å². The quantitative estimate of drug-likeness (QED) is 0.490. The molecule has 82 valence electrons. The molecule has 1 rings (SSSR count). The van der Waals surface area contributed by atoms with E-state index in [-0.39, 0.29) is 11.5 Å². The molecule has 0 aliphatic heterocycles. The van der Waals surface area contributed by atoms with E-state index in [1.807, 2.05) is 0 Å². The molecule has 1 aromatic heterocycles. The largest absolute Gasteiger partial charge is 0.392 e. The van der Waals surface area contributed by atoms with E-state index in [4.69, 9.17) is 10.8 Å². The zero-order valence-electron chi connectivity index (χ0n) is 8.17. The minimum Gasteiger partial charge on any atom is -0.392 e. The molecule has 0 aliphatic carbocycles. The molecule has 0 amide bonds. The molecular formula is C8H12N4O3. The first-order chi connectivity index (χ1) is 7.00. The van der Waals surface area contributed by atoms with Gasteiger partial charge in [-0.15, -0.1) is 0 Å². The molecule has 1 aromatic rings. The molecule has 7 heteroatoms. The third-order valence-corrected chi connectivity index (χ3v) is 1.68. The molecular weight excluding hydrogens is 200 g/mol. The summed E-state index contributed by atoms with van der Waals surface area (Å²) in [5.41, 5.74) is 5.15. The van der Waals surface area contributed by atoms with Gasteiger partial charge in [-0.2, -0.15) is 0 Å². The van der Waals surface area contributed by atoms with Gasteiger partial charge in [-0.1, -0.05) is 0 Å². The fourth-order valence-electron chi connectivity index (χ4n) is 0.973. The Labute approximate surface area is 86.1 Å². The molecule has 0 aliphatic rings. The Morgan fingerprint density at radius 3 is 2.87 bits per heavy atom. The summed E-state index contributed by atoms with van der Waals surface area (Å²) in [6.45, 7) is 1.92. The average molecular weight is 212 g/mol. The van der Waals surface area contributed by atoms with Gasteiger partial charge in [0.25, 0.3) is 0 Å². The highest BCUT2D eigenvalue weighted by Crippen LogP contribution is 2.20. The van der Waals surface area contributed by atoms with Crippen LogP contribution in [0.3, 0.4) is 0 Å². The van der Waals surface area contributed by atoms with Gasteiger partial charge in [0.15, 0.2) is 0 Å².